The number of aryl methyl sites for hydroxylation is 3. The fraction of sp³-hybridized carbons (Fsp3) is 0.436. The quantitative estimate of drug-likeness (QED) is 0.135. The number of rotatable bonds is 13. The number of unbranched alkanes of at least 4 members (excludes halogenated alkanes) is 3. The van der Waals surface area contributed by atoms with Gasteiger partial charge in [0.05, 0.1) is 0 Å². The van der Waals surface area contributed by atoms with E-state index in [0.29, 0.717) is 0 Å². The van der Waals surface area contributed by atoms with E-state index < -0.39 is 8.07 Å². The third kappa shape index (κ3) is 8.64. The van der Waals surface area contributed by atoms with E-state index in [-0.39, 0.29) is 64.0 Å². The van der Waals surface area contributed by atoms with Crippen LogP contribution in [0.1, 0.15) is 104 Å². The zero-order chi connectivity index (χ0) is 28.8. The van der Waals surface area contributed by atoms with E-state index >= 15 is 0 Å². The molecule has 0 radical (unpaired) electrons. The van der Waals surface area contributed by atoms with Crippen molar-refractivity contribution in [3.05, 3.63) is 112 Å². The van der Waals surface area contributed by atoms with Crippen LogP contribution in [0.3, 0.4) is 0 Å². The first kappa shape index (κ1) is 42.9. The summed E-state index contributed by atoms with van der Waals surface area (Å²) in [5, 5.41) is 4.30. The third-order valence-corrected chi connectivity index (χ3v) is 15.3. The number of hydrogen-bond acceptors (Lipinski definition) is 0. The molecule has 0 saturated carbocycles. The van der Waals surface area contributed by atoms with Crippen LogP contribution in [0.15, 0.2) is 89.5 Å². The first-order valence-corrected chi connectivity index (χ1v) is 17.9. The summed E-state index contributed by atoms with van der Waals surface area (Å²) in [5.74, 6) is 0. The summed E-state index contributed by atoms with van der Waals surface area (Å²) in [6, 6.07) is 29.4. The van der Waals surface area contributed by atoms with Crippen molar-refractivity contribution in [1.29, 1.82) is 0 Å². The van der Waals surface area contributed by atoms with Crippen molar-refractivity contribution in [3.8, 4) is 0 Å². The molecule has 236 valence electrons. The van der Waals surface area contributed by atoms with Gasteiger partial charge in [0.15, 0.2) is 0 Å². The molecule has 0 heterocycles. The Bertz CT molecular complexity index is 1200. The molecule has 4 rings (SSSR count). The molecule has 0 nitrogen and oxygen atoms in total. The summed E-state index contributed by atoms with van der Waals surface area (Å²) in [6.45, 7) is 16.3. The van der Waals surface area contributed by atoms with Gasteiger partial charge in [0.25, 0.3) is 0 Å². The molecule has 44 heavy (non-hydrogen) atoms. The molecule has 1 unspecified atom stereocenters. The minimum atomic E-state index is -2.61. The van der Waals surface area contributed by atoms with Crippen molar-refractivity contribution < 1.29 is 58.9 Å². The monoisotopic (exact) mass is 700 g/mol. The molecule has 3 aromatic carbocycles. The molecule has 1 atom stereocenters. The van der Waals surface area contributed by atoms with Crippen LogP contribution < -0.4 is 52.8 Å². The Kier molecular flexibility index (Phi) is 19.1. The molecule has 1 aliphatic carbocycles. The van der Waals surface area contributed by atoms with Crippen LogP contribution in [-0.2, 0) is 41.0 Å². The molecule has 0 saturated heterocycles. The smallest absolute Gasteiger partial charge is 1.00 e. The Morgan fingerprint density at radius 2 is 0.841 bits per heavy atom. The molecule has 3 aromatic rings. The first-order chi connectivity index (χ1) is 19.3. The first-order valence-electron chi connectivity index (χ1n) is 15.9. The Balaban J connectivity index is 0.00000462. The normalized spacial score (nSPS) is 15.8. The van der Waals surface area contributed by atoms with Crippen LogP contribution in [0.2, 0.25) is 5.04 Å². The number of halogens is 3. The zero-order valence-electron chi connectivity index (χ0n) is 27.9. The van der Waals surface area contributed by atoms with Gasteiger partial charge in [-0.05, 0) is 70.8 Å². The maximum atomic E-state index is 4.12. The summed E-state index contributed by atoms with van der Waals surface area (Å²) in [7, 11) is -2.61. The van der Waals surface area contributed by atoms with Gasteiger partial charge in [0, 0.05) is 0 Å². The molecule has 0 aliphatic heterocycles. The minimum absolute atomic E-state index is 0. The van der Waals surface area contributed by atoms with E-state index in [2.05, 4.69) is 127 Å². The molecule has 0 aromatic heterocycles. The fourth-order valence-electron chi connectivity index (χ4n) is 6.87. The maximum absolute atomic E-state index is 4.12. The van der Waals surface area contributed by atoms with Crippen molar-refractivity contribution in [1.82, 2.24) is 0 Å². The molecule has 0 amide bonds. The van der Waals surface area contributed by atoms with Gasteiger partial charge in [-0.1, -0.05) is 139 Å². The van der Waals surface area contributed by atoms with Gasteiger partial charge in [-0.15, -0.1) is 6.92 Å². The van der Waals surface area contributed by atoms with Gasteiger partial charge < -0.3 is 37.2 Å². The number of benzene rings is 3. The predicted octanol–water partition coefficient (Wildman–Crippen LogP) is 0.0539. The van der Waals surface area contributed by atoms with Gasteiger partial charge in [-0.2, -0.15) is 11.1 Å². The second-order valence-corrected chi connectivity index (χ2v) is 16.5. The molecule has 0 fully saturated rings. The summed E-state index contributed by atoms with van der Waals surface area (Å²) in [6.07, 6.45) is 15.0. The second kappa shape index (κ2) is 19.6. The zero-order valence-corrected chi connectivity index (χ0v) is 32.8. The minimum Gasteiger partial charge on any atom is -1.00 e. The van der Waals surface area contributed by atoms with Crippen LogP contribution in [0.25, 0.3) is 0 Å². The largest absolute Gasteiger partial charge is 4.00 e. The molecular formula is C39H51Cl3SiTi. The molecule has 0 N–H and O–H groups in total. The van der Waals surface area contributed by atoms with E-state index in [1.165, 1.54) is 87.5 Å². The summed E-state index contributed by atoms with van der Waals surface area (Å²) in [5.41, 5.74) is 8.57. The van der Waals surface area contributed by atoms with Gasteiger partial charge in [-0.3, -0.25) is 6.08 Å². The maximum Gasteiger partial charge on any atom is 4.00 e. The van der Waals surface area contributed by atoms with Crippen LogP contribution in [0.4, 0.5) is 0 Å². The van der Waals surface area contributed by atoms with Gasteiger partial charge >= 0.3 is 21.7 Å². The fourth-order valence-corrected chi connectivity index (χ4v) is 12.7. The van der Waals surface area contributed by atoms with E-state index in [4.69, 9.17) is 0 Å². The van der Waals surface area contributed by atoms with Crippen LogP contribution in [0, 0.1) is 6.08 Å². The molecule has 5 heteroatoms. The summed E-state index contributed by atoms with van der Waals surface area (Å²) >= 11 is 0. The molecular weight excluding hydrogens is 651 g/mol. The van der Waals surface area contributed by atoms with Crippen molar-refractivity contribution in [2.45, 2.75) is 111 Å². The van der Waals surface area contributed by atoms with Crippen LogP contribution in [0.5, 0.6) is 0 Å². The van der Waals surface area contributed by atoms with Gasteiger partial charge in [0.1, 0.15) is 8.07 Å². The Hall–Kier alpha value is -1.06. The van der Waals surface area contributed by atoms with Crippen molar-refractivity contribution >= 4 is 23.6 Å². The average Bonchev–Trinajstić information content (AvgIpc) is 3.18. The number of allylic oxidation sites excluding steroid dienone is 4. The summed E-state index contributed by atoms with van der Waals surface area (Å²) < 4.78 is 0. The van der Waals surface area contributed by atoms with E-state index in [1.54, 1.807) is 0 Å². The topological polar surface area (TPSA) is 0 Å². The molecule has 0 bridgehead atoms. The number of hydrogen-bond donors (Lipinski definition) is 0. The SMILES string of the molecule is CCCCc1ccc([Si](c2ccc(CCCC)cc2)(c2ccc(CCCC)cc2)C2(C)[C-]=C(C)C(C)=C2C)cc1.[Cl-].[Cl-].[Cl-].[Ti+4]. The molecule has 1 aliphatic rings. The van der Waals surface area contributed by atoms with E-state index in [0.717, 1.165) is 19.3 Å². The standard InChI is InChI=1S/C39H51Si.3ClH.Ti/c1-8-11-14-33-17-23-36(24-18-33)40(39(7)29-30(4)31(5)32(39)6,37-25-19-34(20-26-37)15-12-9-2)38-27-21-35(22-28-38)16-13-10-3;;;;/h17-28H,8-16H2,1-7H3;3*1H;/q-1;;;;+4/p-3. The third-order valence-electron chi connectivity index (χ3n) is 9.68. The second-order valence-electron chi connectivity index (χ2n) is 12.3. The Morgan fingerprint density at radius 3 is 1.07 bits per heavy atom. The van der Waals surface area contributed by atoms with Gasteiger partial charge in [-0.25, -0.2) is 5.57 Å². The van der Waals surface area contributed by atoms with Crippen molar-refractivity contribution in [3.63, 3.8) is 0 Å². The Morgan fingerprint density at radius 1 is 0.545 bits per heavy atom. The van der Waals surface area contributed by atoms with Crippen molar-refractivity contribution in [2.24, 2.45) is 0 Å². The van der Waals surface area contributed by atoms with E-state index in [9.17, 15) is 0 Å². The van der Waals surface area contributed by atoms with Crippen molar-refractivity contribution in [2.75, 3.05) is 0 Å². The Labute approximate surface area is 304 Å². The predicted molar refractivity (Wildman–Crippen MR) is 179 cm³/mol. The van der Waals surface area contributed by atoms with Crippen LogP contribution >= 0.6 is 0 Å². The summed E-state index contributed by atoms with van der Waals surface area (Å²) in [4.78, 5) is 0. The van der Waals surface area contributed by atoms with E-state index in [1.807, 2.05) is 0 Å². The molecule has 0 spiro atoms. The average molecular weight is 702 g/mol. The van der Waals surface area contributed by atoms with Crippen LogP contribution in [-0.4, -0.2) is 8.07 Å². The van der Waals surface area contributed by atoms with Gasteiger partial charge in [0.2, 0.25) is 0 Å².